The topological polar surface area (TPSA) is 12.9 Å². The average Bonchev–Trinajstić information content (AvgIpc) is 2.05. The van der Waals surface area contributed by atoms with Gasteiger partial charge in [-0.05, 0) is 17.7 Å². The Morgan fingerprint density at radius 3 is 3.10 bits per heavy atom. The molecule has 0 atom stereocenters. The molecule has 10 heavy (non-hydrogen) atoms. The van der Waals surface area contributed by atoms with Crippen LogP contribution in [0.15, 0.2) is 24.9 Å². The van der Waals surface area contributed by atoms with Gasteiger partial charge in [-0.1, -0.05) is 18.6 Å². The normalized spacial score (nSPS) is 8.30. The Kier molecular flexibility index (Phi) is 1.86. The standard InChI is InChI=1S/C9H7N/c1-3-8-5-6-10-9(4-2)7-8/h2-3,5-7H,1H2. The summed E-state index contributed by atoms with van der Waals surface area (Å²) in [5, 5.41) is 0. The minimum absolute atomic E-state index is 0.650. The maximum absolute atomic E-state index is 5.13. The predicted octanol–water partition coefficient (Wildman–Crippen LogP) is 1.71. The molecule has 0 bridgehead atoms. The van der Waals surface area contributed by atoms with Crippen LogP contribution in [0, 0.1) is 12.3 Å². The summed E-state index contributed by atoms with van der Waals surface area (Å²) in [5.74, 6) is 2.44. The Bertz CT molecular complexity index is 281. The van der Waals surface area contributed by atoms with Crippen LogP contribution in [-0.2, 0) is 0 Å². The molecule has 0 fully saturated rings. The number of aromatic nitrogens is 1. The van der Waals surface area contributed by atoms with Crippen LogP contribution in [0.3, 0.4) is 0 Å². The van der Waals surface area contributed by atoms with Crippen LogP contribution in [0.1, 0.15) is 11.3 Å². The summed E-state index contributed by atoms with van der Waals surface area (Å²) in [4.78, 5) is 3.92. The molecule has 48 valence electrons. The first kappa shape index (κ1) is 6.57. The Morgan fingerprint density at radius 1 is 1.70 bits per heavy atom. The zero-order valence-electron chi connectivity index (χ0n) is 5.54. The molecule has 0 aliphatic rings. The second-order valence-electron chi connectivity index (χ2n) is 1.82. The lowest BCUT2D eigenvalue weighted by atomic mass is 10.2. The fourth-order valence-corrected chi connectivity index (χ4v) is 0.653. The molecular formula is C9H7N. The van der Waals surface area contributed by atoms with Crippen molar-refractivity contribution in [2.75, 3.05) is 0 Å². The lowest BCUT2D eigenvalue weighted by Gasteiger charge is -1.90. The van der Waals surface area contributed by atoms with Crippen LogP contribution in [-0.4, -0.2) is 4.98 Å². The highest BCUT2D eigenvalue weighted by Gasteiger charge is 1.87. The Labute approximate surface area is 60.4 Å². The lowest BCUT2D eigenvalue weighted by molar-refractivity contribution is 1.28. The molecule has 0 aromatic carbocycles. The van der Waals surface area contributed by atoms with Gasteiger partial charge in [0.25, 0.3) is 0 Å². The van der Waals surface area contributed by atoms with Crippen molar-refractivity contribution in [3.8, 4) is 12.3 Å². The summed E-state index contributed by atoms with van der Waals surface area (Å²) in [6.45, 7) is 3.61. The Hall–Kier alpha value is -1.55. The molecule has 1 rings (SSSR count). The molecule has 0 unspecified atom stereocenters. The number of hydrogen-bond acceptors (Lipinski definition) is 1. The van der Waals surface area contributed by atoms with Gasteiger partial charge in [0, 0.05) is 6.20 Å². The van der Waals surface area contributed by atoms with Gasteiger partial charge >= 0.3 is 0 Å². The van der Waals surface area contributed by atoms with Crippen LogP contribution in [0.5, 0.6) is 0 Å². The zero-order valence-corrected chi connectivity index (χ0v) is 5.54. The van der Waals surface area contributed by atoms with E-state index >= 15 is 0 Å². The van der Waals surface area contributed by atoms with Crippen molar-refractivity contribution < 1.29 is 0 Å². The first-order valence-corrected chi connectivity index (χ1v) is 2.92. The van der Waals surface area contributed by atoms with Crippen molar-refractivity contribution >= 4 is 6.08 Å². The zero-order chi connectivity index (χ0) is 7.40. The molecule has 0 radical (unpaired) electrons. The maximum atomic E-state index is 5.13. The van der Waals surface area contributed by atoms with E-state index in [0.717, 1.165) is 5.56 Å². The second-order valence-corrected chi connectivity index (χ2v) is 1.82. The van der Waals surface area contributed by atoms with Gasteiger partial charge in [0.1, 0.15) is 5.69 Å². The van der Waals surface area contributed by atoms with E-state index < -0.39 is 0 Å². The van der Waals surface area contributed by atoms with Gasteiger partial charge in [0.15, 0.2) is 0 Å². The van der Waals surface area contributed by atoms with E-state index in [-0.39, 0.29) is 0 Å². The van der Waals surface area contributed by atoms with E-state index in [9.17, 15) is 0 Å². The van der Waals surface area contributed by atoms with Crippen LogP contribution in [0.25, 0.3) is 6.08 Å². The number of nitrogens with zero attached hydrogens (tertiary/aromatic N) is 1. The molecule has 1 heterocycles. The highest BCUT2D eigenvalue weighted by atomic mass is 14.6. The fraction of sp³-hybridized carbons (Fsp3) is 0. The second kappa shape index (κ2) is 2.84. The van der Waals surface area contributed by atoms with Gasteiger partial charge in [-0.15, -0.1) is 6.42 Å². The van der Waals surface area contributed by atoms with E-state index in [1.165, 1.54) is 0 Å². The van der Waals surface area contributed by atoms with Crippen LogP contribution < -0.4 is 0 Å². The third-order valence-electron chi connectivity index (χ3n) is 1.17. The monoisotopic (exact) mass is 129 g/mol. The lowest BCUT2D eigenvalue weighted by Crippen LogP contribution is -1.80. The van der Waals surface area contributed by atoms with Crippen molar-refractivity contribution in [1.29, 1.82) is 0 Å². The highest BCUT2D eigenvalue weighted by molar-refractivity contribution is 5.48. The number of pyridine rings is 1. The highest BCUT2D eigenvalue weighted by Crippen LogP contribution is 2.00. The van der Waals surface area contributed by atoms with E-state index in [4.69, 9.17) is 6.42 Å². The summed E-state index contributed by atoms with van der Waals surface area (Å²) < 4.78 is 0. The Morgan fingerprint density at radius 2 is 2.50 bits per heavy atom. The van der Waals surface area contributed by atoms with Gasteiger partial charge in [-0.3, -0.25) is 0 Å². The molecular weight excluding hydrogens is 122 g/mol. The molecule has 0 spiro atoms. The summed E-state index contributed by atoms with van der Waals surface area (Å²) >= 11 is 0. The SMILES string of the molecule is C#Cc1cc(C=C)ccn1. The van der Waals surface area contributed by atoms with Crippen molar-refractivity contribution in [2.45, 2.75) is 0 Å². The van der Waals surface area contributed by atoms with Crippen molar-refractivity contribution in [3.63, 3.8) is 0 Å². The van der Waals surface area contributed by atoms with Crippen LogP contribution in [0.2, 0.25) is 0 Å². The summed E-state index contributed by atoms with van der Waals surface area (Å²) in [6.07, 6.45) is 8.54. The van der Waals surface area contributed by atoms with Gasteiger partial charge in [-0.25, -0.2) is 4.98 Å². The van der Waals surface area contributed by atoms with E-state index in [1.807, 2.05) is 12.1 Å². The van der Waals surface area contributed by atoms with Gasteiger partial charge in [-0.2, -0.15) is 0 Å². The number of terminal acetylenes is 1. The molecule has 0 aliphatic carbocycles. The van der Waals surface area contributed by atoms with Gasteiger partial charge < -0.3 is 0 Å². The molecule has 0 saturated heterocycles. The molecule has 0 amide bonds. The minimum Gasteiger partial charge on any atom is -0.248 e. The third-order valence-corrected chi connectivity index (χ3v) is 1.17. The molecule has 1 heteroatoms. The minimum atomic E-state index is 0.650. The first-order valence-electron chi connectivity index (χ1n) is 2.92. The molecule has 0 N–H and O–H groups in total. The molecule has 1 nitrogen and oxygen atoms in total. The first-order chi connectivity index (χ1) is 4.86. The van der Waals surface area contributed by atoms with Crippen LogP contribution >= 0.6 is 0 Å². The van der Waals surface area contributed by atoms with E-state index in [0.29, 0.717) is 5.69 Å². The predicted molar refractivity (Wildman–Crippen MR) is 42.3 cm³/mol. The summed E-state index contributed by atoms with van der Waals surface area (Å²) in [5.41, 5.74) is 1.65. The maximum Gasteiger partial charge on any atom is 0.113 e. The quantitative estimate of drug-likeness (QED) is 0.526. The molecule has 0 saturated carbocycles. The molecule has 1 aromatic heterocycles. The largest absolute Gasteiger partial charge is 0.248 e. The summed E-state index contributed by atoms with van der Waals surface area (Å²) in [7, 11) is 0. The number of rotatable bonds is 1. The van der Waals surface area contributed by atoms with Crippen LogP contribution in [0.4, 0.5) is 0 Å². The van der Waals surface area contributed by atoms with Gasteiger partial charge in [0.2, 0.25) is 0 Å². The fourth-order valence-electron chi connectivity index (χ4n) is 0.653. The third kappa shape index (κ3) is 1.24. The van der Waals surface area contributed by atoms with E-state index in [2.05, 4.69) is 17.5 Å². The van der Waals surface area contributed by atoms with Gasteiger partial charge in [0.05, 0.1) is 0 Å². The number of hydrogen-bond donors (Lipinski definition) is 0. The molecule has 0 aliphatic heterocycles. The smallest absolute Gasteiger partial charge is 0.113 e. The summed E-state index contributed by atoms with van der Waals surface area (Å²) in [6, 6.07) is 3.67. The van der Waals surface area contributed by atoms with Crippen molar-refractivity contribution in [3.05, 3.63) is 36.2 Å². The Balaban J connectivity index is 3.13. The van der Waals surface area contributed by atoms with E-state index in [1.54, 1.807) is 12.3 Å². The average molecular weight is 129 g/mol. The molecule has 1 aromatic rings. The van der Waals surface area contributed by atoms with Crippen molar-refractivity contribution in [1.82, 2.24) is 4.98 Å². The van der Waals surface area contributed by atoms with Crippen molar-refractivity contribution in [2.24, 2.45) is 0 Å².